The third-order valence-electron chi connectivity index (χ3n) is 3.75. The lowest BCUT2D eigenvalue weighted by Crippen LogP contribution is -2.40. The Labute approximate surface area is 150 Å². The maximum Gasteiger partial charge on any atom is 0.252 e. The smallest absolute Gasteiger partial charge is 0.252 e. The summed E-state index contributed by atoms with van der Waals surface area (Å²) >= 11 is 1.58. The van der Waals surface area contributed by atoms with Gasteiger partial charge >= 0.3 is 0 Å². The molecule has 1 unspecified atom stereocenters. The van der Waals surface area contributed by atoms with Gasteiger partial charge in [0.2, 0.25) is 5.91 Å². The van der Waals surface area contributed by atoms with Crippen LogP contribution in [0.25, 0.3) is 0 Å². The van der Waals surface area contributed by atoms with Gasteiger partial charge in [-0.3, -0.25) is 9.59 Å². The highest BCUT2D eigenvalue weighted by Crippen LogP contribution is 2.15. The second kappa shape index (κ2) is 8.26. The lowest BCUT2D eigenvalue weighted by Gasteiger charge is -2.19. The highest BCUT2D eigenvalue weighted by Gasteiger charge is 2.23. The molecule has 0 radical (unpaired) electrons. The van der Waals surface area contributed by atoms with Crippen LogP contribution in [-0.2, 0) is 11.3 Å². The van der Waals surface area contributed by atoms with Crippen LogP contribution in [0.5, 0.6) is 0 Å². The Morgan fingerprint density at radius 1 is 0.920 bits per heavy atom. The summed E-state index contributed by atoms with van der Waals surface area (Å²) in [6, 6.07) is 19.3. The lowest BCUT2D eigenvalue weighted by atomic mass is 10.1. The molecule has 0 bridgehead atoms. The van der Waals surface area contributed by atoms with E-state index < -0.39 is 6.04 Å². The molecule has 2 aromatic carbocycles. The van der Waals surface area contributed by atoms with Crippen LogP contribution >= 0.6 is 11.3 Å². The first-order valence-corrected chi connectivity index (χ1v) is 8.88. The fourth-order valence-electron chi connectivity index (χ4n) is 2.43. The molecule has 1 heterocycles. The van der Waals surface area contributed by atoms with E-state index in [9.17, 15) is 9.59 Å². The van der Waals surface area contributed by atoms with Crippen LogP contribution in [0.2, 0.25) is 0 Å². The van der Waals surface area contributed by atoms with Crippen molar-refractivity contribution in [3.8, 4) is 0 Å². The third kappa shape index (κ3) is 4.55. The van der Waals surface area contributed by atoms with E-state index in [1.165, 1.54) is 0 Å². The molecule has 0 spiro atoms. The molecule has 25 heavy (non-hydrogen) atoms. The predicted molar refractivity (Wildman–Crippen MR) is 99.3 cm³/mol. The molecule has 5 heteroatoms. The summed E-state index contributed by atoms with van der Waals surface area (Å²) in [7, 11) is 0. The molecule has 3 aromatic rings. The largest absolute Gasteiger partial charge is 0.350 e. The molecule has 2 amide bonds. The van der Waals surface area contributed by atoms with Gasteiger partial charge < -0.3 is 10.6 Å². The fourth-order valence-corrected chi connectivity index (χ4v) is 3.10. The quantitative estimate of drug-likeness (QED) is 0.714. The van der Waals surface area contributed by atoms with E-state index in [2.05, 4.69) is 10.6 Å². The minimum Gasteiger partial charge on any atom is -0.350 e. The number of carbonyl (C=O) groups is 2. The standard InChI is InChI=1S/C20H18N2O2S/c23-19(17-9-5-2-6-10-17)22-18(16-7-3-1-4-8-16)20(24)21-13-15-11-12-25-14-15/h1-12,14,18H,13H2,(H,21,24)(H,22,23). The number of benzene rings is 2. The molecule has 0 fully saturated rings. The van der Waals surface area contributed by atoms with E-state index >= 15 is 0 Å². The van der Waals surface area contributed by atoms with Crippen molar-refractivity contribution in [3.05, 3.63) is 94.2 Å². The Hall–Kier alpha value is -2.92. The first-order chi connectivity index (χ1) is 12.2. The lowest BCUT2D eigenvalue weighted by molar-refractivity contribution is -0.123. The molecule has 2 N–H and O–H groups in total. The first-order valence-electron chi connectivity index (χ1n) is 7.93. The molecular weight excluding hydrogens is 332 g/mol. The van der Waals surface area contributed by atoms with Crippen molar-refractivity contribution >= 4 is 23.2 Å². The predicted octanol–water partition coefficient (Wildman–Crippen LogP) is 3.54. The average Bonchev–Trinajstić information content (AvgIpc) is 3.19. The Bertz CT molecular complexity index is 817. The summed E-state index contributed by atoms with van der Waals surface area (Å²) in [6.07, 6.45) is 0. The van der Waals surface area contributed by atoms with Crippen LogP contribution in [0.1, 0.15) is 27.5 Å². The number of amides is 2. The number of rotatable bonds is 6. The first kappa shape index (κ1) is 16.9. The molecule has 126 valence electrons. The van der Waals surface area contributed by atoms with Gasteiger partial charge in [-0.15, -0.1) is 0 Å². The van der Waals surface area contributed by atoms with E-state index in [0.717, 1.165) is 11.1 Å². The highest BCUT2D eigenvalue weighted by atomic mass is 32.1. The average molecular weight is 350 g/mol. The molecule has 0 aliphatic carbocycles. The molecule has 1 aromatic heterocycles. The van der Waals surface area contributed by atoms with Crippen LogP contribution in [0, 0.1) is 0 Å². The van der Waals surface area contributed by atoms with Crippen molar-refractivity contribution in [1.29, 1.82) is 0 Å². The summed E-state index contributed by atoms with van der Waals surface area (Å²) in [5, 5.41) is 9.68. The normalized spacial score (nSPS) is 11.5. The van der Waals surface area contributed by atoms with Gasteiger partial charge in [0.05, 0.1) is 0 Å². The maximum atomic E-state index is 12.7. The Morgan fingerprint density at radius 2 is 1.60 bits per heavy atom. The monoisotopic (exact) mass is 350 g/mol. The molecule has 0 saturated carbocycles. The second-order valence-electron chi connectivity index (χ2n) is 5.53. The zero-order valence-electron chi connectivity index (χ0n) is 13.5. The van der Waals surface area contributed by atoms with Crippen LogP contribution in [0.4, 0.5) is 0 Å². The Balaban J connectivity index is 1.75. The zero-order valence-corrected chi connectivity index (χ0v) is 14.3. The van der Waals surface area contributed by atoms with Crippen molar-refractivity contribution in [2.75, 3.05) is 0 Å². The van der Waals surface area contributed by atoms with Crippen molar-refractivity contribution in [3.63, 3.8) is 0 Å². The summed E-state index contributed by atoms with van der Waals surface area (Å²) in [5.74, 6) is -0.512. The van der Waals surface area contributed by atoms with Crippen LogP contribution in [0.3, 0.4) is 0 Å². The Kier molecular flexibility index (Phi) is 5.59. The van der Waals surface area contributed by atoms with E-state index in [1.807, 2.05) is 53.2 Å². The topological polar surface area (TPSA) is 58.2 Å². The number of hydrogen-bond donors (Lipinski definition) is 2. The number of carbonyl (C=O) groups excluding carboxylic acids is 2. The van der Waals surface area contributed by atoms with Crippen molar-refractivity contribution in [2.24, 2.45) is 0 Å². The molecule has 1 atom stereocenters. The van der Waals surface area contributed by atoms with Crippen molar-refractivity contribution in [2.45, 2.75) is 12.6 Å². The van der Waals surface area contributed by atoms with E-state index in [4.69, 9.17) is 0 Å². The molecule has 0 saturated heterocycles. The van der Waals surface area contributed by atoms with Gasteiger partial charge in [-0.25, -0.2) is 0 Å². The van der Waals surface area contributed by atoms with Gasteiger partial charge in [0.15, 0.2) is 0 Å². The Morgan fingerprint density at radius 3 is 2.24 bits per heavy atom. The molecule has 3 rings (SSSR count). The third-order valence-corrected chi connectivity index (χ3v) is 4.49. The number of hydrogen-bond acceptors (Lipinski definition) is 3. The summed E-state index contributed by atoms with van der Waals surface area (Å²) in [4.78, 5) is 25.2. The molecule has 0 aliphatic rings. The van der Waals surface area contributed by atoms with Crippen LogP contribution in [0.15, 0.2) is 77.5 Å². The van der Waals surface area contributed by atoms with Crippen LogP contribution in [-0.4, -0.2) is 11.8 Å². The van der Waals surface area contributed by atoms with E-state index in [1.54, 1.807) is 35.6 Å². The summed E-state index contributed by atoms with van der Waals surface area (Å²) in [5.41, 5.74) is 2.31. The van der Waals surface area contributed by atoms with Crippen molar-refractivity contribution < 1.29 is 9.59 Å². The minimum atomic E-state index is -0.743. The zero-order chi connectivity index (χ0) is 17.5. The van der Waals surface area contributed by atoms with E-state index in [0.29, 0.717) is 12.1 Å². The molecule has 0 aliphatic heterocycles. The van der Waals surface area contributed by atoms with Gasteiger partial charge in [0.1, 0.15) is 6.04 Å². The molecular formula is C20H18N2O2S. The second-order valence-corrected chi connectivity index (χ2v) is 6.31. The van der Waals surface area contributed by atoms with Gasteiger partial charge in [-0.2, -0.15) is 11.3 Å². The summed E-state index contributed by atoms with van der Waals surface area (Å²) in [6.45, 7) is 0.437. The van der Waals surface area contributed by atoms with Crippen LogP contribution < -0.4 is 10.6 Å². The fraction of sp³-hybridized carbons (Fsp3) is 0.100. The van der Waals surface area contributed by atoms with Crippen molar-refractivity contribution in [1.82, 2.24) is 10.6 Å². The number of thiophene rings is 1. The van der Waals surface area contributed by atoms with Gasteiger partial charge in [-0.05, 0) is 40.1 Å². The maximum absolute atomic E-state index is 12.7. The van der Waals surface area contributed by atoms with Gasteiger partial charge in [0, 0.05) is 12.1 Å². The molecule has 4 nitrogen and oxygen atoms in total. The number of nitrogens with one attached hydrogen (secondary N) is 2. The van der Waals surface area contributed by atoms with E-state index in [-0.39, 0.29) is 11.8 Å². The van der Waals surface area contributed by atoms with Gasteiger partial charge in [0.25, 0.3) is 5.91 Å². The summed E-state index contributed by atoms with van der Waals surface area (Å²) < 4.78 is 0. The highest BCUT2D eigenvalue weighted by molar-refractivity contribution is 7.07. The minimum absolute atomic E-state index is 0.235. The van der Waals surface area contributed by atoms with Gasteiger partial charge in [-0.1, -0.05) is 48.5 Å². The SMILES string of the molecule is O=C(NC(C(=O)NCc1ccsc1)c1ccccc1)c1ccccc1.